The topological polar surface area (TPSA) is 111 Å². The molecular formula is C41H55ClO12. The Morgan fingerprint density at radius 2 is 0.778 bits per heavy atom. The van der Waals surface area contributed by atoms with Gasteiger partial charge in [-0.05, 0) is 39.9 Å². The fraction of sp³-hybridized carbons (Fsp3) is 0.561. The van der Waals surface area contributed by atoms with Gasteiger partial charge in [0.25, 0.3) is 0 Å². The van der Waals surface area contributed by atoms with Gasteiger partial charge in [0.2, 0.25) is 0 Å². The molecule has 0 spiro atoms. The van der Waals surface area contributed by atoms with Crippen LogP contribution < -0.4 is 9.47 Å². The van der Waals surface area contributed by atoms with E-state index in [-0.39, 0.29) is 12.2 Å². The fourth-order valence-corrected chi connectivity index (χ4v) is 5.59. The monoisotopic (exact) mass is 774 g/mol. The molecule has 2 aliphatic heterocycles. The van der Waals surface area contributed by atoms with Crippen molar-refractivity contribution in [3.05, 3.63) is 94.5 Å². The van der Waals surface area contributed by atoms with Crippen LogP contribution in [0, 0.1) is 0 Å². The maximum Gasteiger partial charge on any atom is 0.123 e. The Kier molecular flexibility index (Phi) is 20.4. The molecule has 5 rings (SSSR count). The van der Waals surface area contributed by atoms with Crippen molar-refractivity contribution in [1.29, 1.82) is 0 Å². The molecule has 0 radical (unpaired) electrons. The summed E-state index contributed by atoms with van der Waals surface area (Å²) in [4.78, 5) is 0. The van der Waals surface area contributed by atoms with E-state index in [1.807, 2.05) is 66.7 Å². The molecule has 0 aliphatic carbocycles. The first-order chi connectivity index (χ1) is 26.7. The van der Waals surface area contributed by atoms with Crippen molar-refractivity contribution in [2.24, 2.45) is 0 Å². The summed E-state index contributed by atoms with van der Waals surface area (Å²) in [6, 6.07) is 22.1. The fourth-order valence-electron chi connectivity index (χ4n) is 5.43. The number of benzene rings is 3. The summed E-state index contributed by atoms with van der Waals surface area (Å²) < 4.78 is 69.3. The molecule has 2 heterocycles. The summed E-state index contributed by atoms with van der Waals surface area (Å²) in [7, 11) is 0. The van der Waals surface area contributed by atoms with Gasteiger partial charge in [-0.1, -0.05) is 48.5 Å². The smallest absolute Gasteiger partial charge is 0.123 e. The van der Waals surface area contributed by atoms with Crippen LogP contribution in [0.5, 0.6) is 11.5 Å². The minimum atomic E-state index is -0.167. The summed E-state index contributed by atoms with van der Waals surface area (Å²) in [5.41, 5.74) is 5.10. The SMILES string of the molecule is ClCc1cc(OCc2ccc(COCC3COCCOCCOCCO3)cc2)cc(OCc2ccc(COCC3COCCOCCOCCO3)cc2)c1. The Balaban J connectivity index is 1.01. The number of hydrogen-bond donors (Lipinski definition) is 0. The van der Waals surface area contributed by atoms with Crippen molar-refractivity contribution >= 4 is 11.6 Å². The highest BCUT2D eigenvalue weighted by atomic mass is 35.5. The molecule has 12 nitrogen and oxygen atoms in total. The molecule has 2 fully saturated rings. The van der Waals surface area contributed by atoms with E-state index in [9.17, 15) is 0 Å². The van der Waals surface area contributed by atoms with Gasteiger partial charge in [0.1, 0.15) is 36.9 Å². The van der Waals surface area contributed by atoms with Crippen LogP contribution in [0.15, 0.2) is 66.7 Å². The van der Waals surface area contributed by atoms with E-state index in [1.54, 1.807) is 0 Å². The molecule has 3 aromatic rings. The van der Waals surface area contributed by atoms with Gasteiger partial charge in [0.05, 0.1) is 119 Å². The van der Waals surface area contributed by atoms with Crippen molar-refractivity contribution in [3.63, 3.8) is 0 Å². The van der Waals surface area contributed by atoms with E-state index in [2.05, 4.69) is 0 Å². The van der Waals surface area contributed by atoms with Gasteiger partial charge < -0.3 is 56.8 Å². The predicted octanol–water partition coefficient (Wildman–Crippen LogP) is 5.51. The molecule has 2 atom stereocenters. The van der Waals surface area contributed by atoms with Crippen molar-refractivity contribution in [3.8, 4) is 11.5 Å². The van der Waals surface area contributed by atoms with E-state index in [1.165, 1.54) is 0 Å². The molecule has 0 saturated carbocycles. The molecule has 0 amide bonds. The Morgan fingerprint density at radius 1 is 0.426 bits per heavy atom. The van der Waals surface area contributed by atoms with E-state index < -0.39 is 0 Å². The zero-order valence-corrected chi connectivity index (χ0v) is 31.9. The van der Waals surface area contributed by atoms with E-state index in [0.717, 1.165) is 27.8 Å². The first kappa shape index (κ1) is 42.3. The zero-order chi connectivity index (χ0) is 37.3. The number of halogens is 1. The molecule has 0 N–H and O–H groups in total. The summed E-state index contributed by atoms with van der Waals surface area (Å²) in [5, 5.41) is 0. The summed E-state index contributed by atoms with van der Waals surface area (Å²) in [6.45, 7) is 9.84. The van der Waals surface area contributed by atoms with Gasteiger partial charge in [-0.3, -0.25) is 0 Å². The highest BCUT2D eigenvalue weighted by Crippen LogP contribution is 2.26. The third-order valence-corrected chi connectivity index (χ3v) is 8.66. The minimum Gasteiger partial charge on any atom is -0.489 e. The van der Waals surface area contributed by atoms with Crippen LogP contribution in [-0.2, 0) is 79.7 Å². The Bertz CT molecular complexity index is 1280. The standard InChI is InChI=1S/C41H55ClO12/c42-24-37-21-38(53-27-35-5-1-33(2-6-35)25-49-31-40-29-47-15-13-43-9-11-45-17-19-51-40)23-39(22-37)54-28-36-7-3-34(4-8-36)26-50-32-41-30-48-16-14-44-10-12-46-18-20-52-41/h1-8,21-23,40-41H,9-20,24-32H2. The molecule has 2 unspecified atom stereocenters. The Morgan fingerprint density at radius 3 is 1.17 bits per heavy atom. The molecule has 2 saturated heterocycles. The van der Waals surface area contributed by atoms with Crippen LogP contribution in [-0.4, -0.2) is 118 Å². The lowest BCUT2D eigenvalue weighted by molar-refractivity contribution is -0.0921. The van der Waals surface area contributed by atoms with Crippen LogP contribution in [0.1, 0.15) is 27.8 Å². The summed E-state index contributed by atoms with van der Waals surface area (Å²) >= 11 is 6.22. The average molecular weight is 775 g/mol. The second kappa shape index (κ2) is 26.1. The Labute approximate surface area is 324 Å². The minimum absolute atomic E-state index is 0.167. The van der Waals surface area contributed by atoms with Crippen LogP contribution in [0.3, 0.4) is 0 Å². The largest absolute Gasteiger partial charge is 0.489 e. The number of hydrogen-bond acceptors (Lipinski definition) is 12. The molecule has 3 aromatic carbocycles. The van der Waals surface area contributed by atoms with Crippen molar-refractivity contribution in [2.75, 3.05) is 106 Å². The summed E-state index contributed by atoms with van der Waals surface area (Å²) in [6.07, 6.45) is -0.333. The normalized spacial score (nSPS) is 20.1. The van der Waals surface area contributed by atoms with E-state index in [0.29, 0.717) is 150 Å². The molecule has 0 aromatic heterocycles. The third-order valence-electron chi connectivity index (χ3n) is 8.35. The molecule has 54 heavy (non-hydrogen) atoms. The van der Waals surface area contributed by atoms with E-state index >= 15 is 0 Å². The second-order valence-electron chi connectivity index (χ2n) is 12.8. The molecular weight excluding hydrogens is 720 g/mol. The summed E-state index contributed by atoms with van der Waals surface area (Å²) in [5.74, 6) is 1.73. The van der Waals surface area contributed by atoms with E-state index in [4.69, 9.17) is 68.4 Å². The number of alkyl halides is 1. The average Bonchev–Trinajstić information content (AvgIpc) is 3.19. The second-order valence-corrected chi connectivity index (χ2v) is 13.0. The van der Waals surface area contributed by atoms with Crippen molar-refractivity contribution < 1.29 is 56.8 Å². The van der Waals surface area contributed by atoms with Crippen LogP contribution in [0.2, 0.25) is 0 Å². The van der Waals surface area contributed by atoms with Gasteiger partial charge in [-0.15, -0.1) is 11.6 Å². The Hall–Kier alpha value is -2.85. The lowest BCUT2D eigenvalue weighted by Crippen LogP contribution is -2.29. The lowest BCUT2D eigenvalue weighted by Gasteiger charge is -2.19. The highest BCUT2D eigenvalue weighted by molar-refractivity contribution is 6.17. The van der Waals surface area contributed by atoms with Gasteiger partial charge in [-0.25, -0.2) is 0 Å². The predicted molar refractivity (Wildman–Crippen MR) is 201 cm³/mol. The molecule has 13 heteroatoms. The van der Waals surface area contributed by atoms with Crippen molar-refractivity contribution in [1.82, 2.24) is 0 Å². The lowest BCUT2D eigenvalue weighted by atomic mass is 10.1. The van der Waals surface area contributed by atoms with Gasteiger partial charge in [0, 0.05) is 11.9 Å². The number of ether oxygens (including phenoxy) is 12. The highest BCUT2D eigenvalue weighted by Gasteiger charge is 2.13. The van der Waals surface area contributed by atoms with Crippen LogP contribution >= 0.6 is 11.6 Å². The van der Waals surface area contributed by atoms with Crippen molar-refractivity contribution in [2.45, 2.75) is 44.5 Å². The maximum atomic E-state index is 6.22. The molecule has 0 bridgehead atoms. The first-order valence-electron chi connectivity index (χ1n) is 18.7. The first-order valence-corrected chi connectivity index (χ1v) is 19.2. The number of rotatable bonds is 15. The molecule has 2 aliphatic rings. The molecule has 298 valence electrons. The maximum absolute atomic E-state index is 6.22. The van der Waals surface area contributed by atoms with Crippen LogP contribution in [0.4, 0.5) is 0 Å². The van der Waals surface area contributed by atoms with Gasteiger partial charge in [0.15, 0.2) is 0 Å². The zero-order valence-electron chi connectivity index (χ0n) is 31.1. The van der Waals surface area contributed by atoms with Crippen LogP contribution in [0.25, 0.3) is 0 Å². The third kappa shape index (κ3) is 17.3. The van der Waals surface area contributed by atoms with Gasteiger partial charge in [-0.2, -0.15) is 0 Å². The van der Waals surface area contributed by atoms with Gasteiger partial charge >= 0.3 is 0 Å². The quantitative estimate of drug-likeness (QED) is 0.182.